The number of likely N-dealkylation sites (tertiary alicyclic amines) is 1. The number of aromatic nitrogens is 1. The molecule has 1 amide bonds. The van der Waals surface area contributed by atoms with Crippen molar-refractivity contribution >= 4 is 11.7 Å². The lowest BCUT2D eigenvalue weighted by molar-refractivity contribution is 0.0955. The van der Waals surface area contributed by atoms with Crippen LogP contribution in [0, 0.1) is 0 Å². The number of hydrogen-bond acceptors (Lipinski definition) is 4. The molecule has 0 radical (unpaired) electrons. The third-order valence-corrected chi connectivity index (χ3v) is 3.80. The maximum atomic E-state index is 11.6. The second kappa shape index (κ2) is 8.62. The van der Waals surface area contributed by atoms with E-state index < -0.39 is 0 Å². The van der Waals surface area contributed by atoms with Gasteiger partial charge in [0.05, 0.1) is 5.56 Å². The molecule has 5 heteroatoms. The van der Waals surface area contributed by atoms with Crippen LogP contribution in [0.2, 0.25) is 0 Å². The highest BCUT2D eigenvalue weighted by molar-refractivity contribution is 5.93. The standard InChI is InChI=1S/C16H26N4O/c1-2-17-16(21)14-7-8-15(19-13-14)18-9-12-20-10-5-3-4-6-11-20/h7-8,13H,2-6,9-12H2,1H3,(H,17,21)(H,18,19). The molecule has 1 fully saturated rings. The van der Waals surface area contributed by atoms with Gasteiger partial charge in [-0.2, -0.15) is 0 Å². The van der Waals surface area contributed by atoms with Gasteiger partial charge in [-0.1, -0.05) is 12.8 Å². The molecule has 1 aliphatic heterocycles. The van der Waals surface area contributed by atoms with E-state index in [0.717, 1.165) is 18.9 Å². The molecular weight excluding hydrogens is 264 g/mol. The molecule has 0 aromatic carbocycles. The van der Waals surface area contributed by atoms with Crippen LogP contribution in [0.3, 0.4) is 0 Å². The average molecular weight is 290 g/mol. The van der Waals surface area contributed by atoms with Crippen LogP contribution in [0.1, 0.15) is 43.0 Å². The largest absolute Gasteiger partial charge is 0.369 e. The van der Waals surface area contributed by atoms with Gasteiger partial charge in [0.15, 0.2) is 0 Å². The molecule has 0 bridgehead atoms. The van der Waals surface area contributed by atoms with Crippen molar-refractivity contribution in [1.82, 2.24) is 15.2 Å². The molecule has 2 rings (SSSR count). The minimum atomic E-state index is -0.0684. The van der Waals surface area contributed by atoms with E-state index in [9.17, 15) is 4.79 Å². The Kier molecular flexibility index (Phi) is 6.47. The lowest BCUT2D eigenvalue weighted by Crippen LogP contribution is -2.30. The first-order valence-electron chi connectivity index (χ1n) is 8.00. The van der Waals surface area contributed by atoms with Gasteiger partial charge in [0.25, 0.3) is 5.91 Å². The third kappa shape index (κ3) is 5.34. The Morgan fingerprint density at radius 3 is 2.62 bits per heavy atom. The van der Waals surface area contributed by atoms with Gasteiger partial charge in [-0.15, -0.1) is 0 Å². The number of rotatable bonds is 6. The third-order valence-electron chi connectivity index (χ3n) is 3.80. The minimum Gasteiger partial charge on any atom is -0.369 e. The van der Waals surface area contributed by atoms with Crippen molar-refractivity contribution in [2.75, 3.05) is 38.0 Å². The van der Waals surface area contributed by atoms with Crippen molar-refractivity contribution in [3.8, 4) is 0 Å². The Hall–Kier alpha value is -1.62. The molecule has 0 unspecified atom stereocenters. The number of hydrogen-bond donors (Lipinski definition) is 2. The smallest absolute Gasteiger partial charge is 0.252 e. The van der Waals surface area contributed by atoms with E-state index >= 15 is 0 Å². The molecule has 116 valence electrons. The Bertz CT molecular complexity index is 424. The lowest BCUT2D eigenvalue weighted by Gasteiger charge is -2.19. The fraction of sp³-hybridized carbons (Fsp3) is 0.625. The van der Waals surface area contributed by atoms with Gasteiger partial charge in [-0.05, 0) is 45.0 Å². The molecule has 5 nitrogen and oxygen atoms in total. The van der Waals surface area contributed by atoms with Gasteiger partial charge in [-0.25, -0.2) is 4.98 Å². The van der Waals surface area contributed by atoms with Gasteiger partial charge in [0, 0.05) is 25.8 Å². The van der Waals surface area contributed by atoms with E-state index in [1.54, 1.807) is 6.20 Å². The van der Waals surface area contributed by atoms with Crippen LogP contribution in [-0.4, -0.2) is 48.5 Å². The number of pyridine rings is 1. The Balaban J connectivity index is 1.74. The number of anilines is 1. The van der Waals surface area contributed by atoms with Gasteiger partial charge < -0.3 is 15.5 Å². The number of nitrogens with one attached hydrogen (secondary N) is 2. The van der Waals surface area contributed by atoms with E-state index in [0.29, 0.717) is 12.1 Å². The molecule has 1 aromatic heterocycles. The van der Waals surface area contributed by atoms with E-state index in [-0.39, 0.29) is 5.91 Å². The fourth-order valence-corrected chi connectivity index (χ4v) is 2.60. The maximum absolute atomic E-state index is 11.6. The summed E-state index contributed by atoms with van der Waals surface area (Å²) in [5.74, 6) is 0.763. The van der Waals surface area contributed by atoms with Crippen LogP contribution in [0.25, 0.3) is 0 Å². The number of nitrogens with zero attached hydrogens (tertiary/aromatic N) is 2. The highest BCUT2D eigenvalue weighted by atomic mass is 16.1. The van der Waals surface area contributed by atoms with Crippen molar-refractivity contribution in [1.29, 1.82) is 0 Å². The van der Waals surface area contributed by atoms with Crippen LogP contribution >= 0.6 is 0 Å². The number of amides is 1. The Labute approximate surface area is 127 Å². The monoisotopic (exact) mass is 290 g/mol. The van der Waals surface area contributed by atoms with Crippen LogP contribution in [-0.2, 0) is 0 Å². The first kappa shape index (κ1) is 15.8. The molecule has 2 N–H and O–H groups in total. The van der Waals surface area contributed by atoms with Crippen LogP contribution in [0.5, 0.6) is 0 Å². The zero-order valence-corrected chi connectivity index (χ0v) is 12.9. The fourth-order valence-electron chi connectivity index (χ4n) is 2.60. The average Bonchev–Trinajstić information content (AvgIpc) is 2.77. The van der Waals surface area contributed by atoms with Gasteiger partial charge in [-0.3, -0.25) is 4.79 Å². The molecule has 0 spiro atoms. The topological polar surface area (TPSA) is 57.3 Å². The molecule has 0 saturated carbocycles. The van der Waals surface area contributed by atoms with Crippen molar-refractivity contribution in [2.24, 2.45) is 0 Å². The summed E-state index contributed by atoms with van der Waals surface area (Å²) in [6.07, 6.45) is 7.00. The summed E-state index contributed by atoms with van der Waals surface area (Å²) < 4.78 is 0. The summed E-state index contributed by atoms with van der Waals surface area (Å²) >= 11 is 0. The molecule has 21 heavy (non-hydrogen) atoms. The first-order chi connectivity index (χ1) is 10.3. The second-order valence-electron chi connectivity index (χ2n) is 5.47. The normalized spacial score (nSPS) is 16.2. The minimum absolute atomic E-state index is 0.0684. The maximum Gasteiger partial charge on any atom is 0.252 e. The van der Waals surface area contributed by atoms with Gasteiger partial charge >= 0.3 is 0 Å². The van der Waals surface area contributed by atoms with Crippen molar-refractivity contribution in [3.63, 3.8) is 0 Å². The molecule has 1 saturated heterocycles. The predicted octanol–water partition coefficient (Wildman–Crippen LogP) is 2.12. The summed E-state index contributed by atoms with van der Waals surface area (Å²) in [6.45, 7) is 6.92. The first-order valence-corrected chi connectivity index (χ1v) is 8.00. The molecule has 2 heterocycles. The Morgan fingerprint density at radius 1 is 1.24 bits per heavy atom. The second-order valence-corrected chi connectivity index (χ2v) is 5.47. The molecular formula is C16H26N4O. The SMILES string of the molecule is CCNC(=O)c1ccc(NCCN2CCCCCC2)nc1. The van der Waals surface area contributed by atoms with Crippen molar-refractivity contribution < 1.29 is 4.79 Å². The Morgan fingerprint density at radius 2 is 2.00 bits per heavy atom. The van der Waals surface area contributed by atoms with Gasteiger partial charge in [0.1, 0.15) is 5.82 Å². The zero-order valence-electron chi connectivity index (χ0n) is 12.9. The van der Waals surface area contributed by atoms with Crippen LogP contribution in [0.15, 0.2) is 18.3 Å². The molecule has 1 aromatic rings. The predicted molar refractivity (Wildman–Crippen MR) is 85.6 cm³/mol. The van der Waals surface area contributed by atoms with Crippen LogP contribution in [0.4, 0.5) is 5.82 Å². The highest BCUT2D eigenvalue weighted by Crippen LogP contribution is 2.09. The summed E-state index contributed by atoms with van der Waals surface area (Å²) in [5.41, 5.74) is 0.606. The molecule has 1 aliphatic rings. The quantitative estimate of drug-likeness (QED) is 0.842. The van der Waals surface area contributed by atoms with E-state index in [1.807, 2.05) is 19.1 Å². The summed E-state index contributed by atoms with van der Waals surface area (Å²) in [5, 5.41) is 6.09. The summed E-state index contributed by atoms with van der Waals surface area (Å²) in [6, 6.07) is 3.68. The van der Waals surface area contributed by atoms with Crippen molar-refractivity contribution in [2.45, 2.75) is 32.6 Å². The molecule has 0 aliphatic carbocycles. The van der Waals surface area contributed by atoms with Gasteiger partial charge in [0.2, 0.25) is 0 Å². The number of carbonyl (C=O) groups is 1. The van der Waals surface area contributed by atoms with E-state index in [4.69, 9.17) is 0 Å². The summed E-state index contributed by atoms with van der Waals surface area (Å²) in [7, 11) is 0. The van der Waals surface area contributed by atoms with E-state index in [2.05, 4.69) is 20.5 Å². The molecule has 0 atom stereocenters. The van der Waals surface area contributed by atoms with Crippen molar-refractivity contribution in [3.05, 3.63) is 23.9 Å². The van der Waals surface area contributed by atoms with Crippen LogP contribution < -0.4 is 10.6 Å². The van der Waals surface area contributed by atoms with E-state index in [1.165, 1.54) is 38.8 Å². The number of carbonyl (C=O) groups excluding carboxylic acids is 1. The lowest BCUT2D eigenvalue weighted by atomic mass is 10.2. The summed E-state index contributed by atoms with van der Waals surface area (Å²) in [4.78, 5) is 18.4. The highest BCUT2D eigenvalue weighted by Gasteiger charge is 2.08. The zero-order chi connectivity index (χ0) is 14.9.